The molecule has 1 fully saturated rings. The third-order valence-corrected chi connectivity index (χ3v) is 4.04. The molecule has 0 radical (unpaired) electrons. The molecule has 1 aliphatic heterocycles. The van der Waals surface area contributed by atoms with Crippen LogP contribution in [0.1, 0.15) is 17.5 Å². The van der Waals surface area contributed by atoms with E-state index in [0.29, 0.717) is 0 Å². The summed E-state index contributed by atoms with van der Waals surface area (Å²) in [5, 5.41) is 11.6. The number of aliphatic hydroxyl groups is 1. The quantitative estimate of drug-likeness (QED) is 0.869. The average molecular weight is 270 g/mol. The van der Waals surface area contributed by atoms with Gasteiger partial charge >= 0.3 is 5.97 Å². The van der Waals surface area contributed by atoms with Crippen LogP contribution in [0.15, 0.2) is 36.4 Å². The summed E-state index contributed by atoms with van der Waals surface area (Å²) < 4.78 is 5.10. The minimum atomic E-state index is -0.327. The number of benzene rings is 2. The van der Waals surface area contributed by atoms with Crippen LogP contribution in [0.3, 0.4) is 0 Å². The van der Waals surface area contributed by atoms with Crippen molar-refractivity contribution in [2.45, 2.75) is 25.9 Å². The molecule has 0 unspecified atom stereocenters. The van der Waals surface area contributed by atoms with Crippen LogP contribution in [0.2, 0.25) is 0 Å². The fourth-order valence-electron chi connectivity index (χ4n) is 2.82. The van der Waals surface area contributed by atoms with Crippen molar-refractivity contribution in [3.05, 3.63) is 47.5 Å². The maximum atomic E-state index is 11.2. The number of hydrogen-bond acceptors (Lipinski definition) is 3. The lowest BCUT2D eigenvalue weighted by Gasteiger charge is -2.33. The van der Waals surface area contributed by atoms with E-state index in [1.165, 1.54) is 21.9 Å². The van der Waals surface area contributed by atoms with Crippen molar-refractivity contribution < 1.29 is 14.6 Å². The highest BCUT2D eigenvalue weighted by molar-refractivity contribution is 5.86. The second-order valence-corrected chi connectivity index (χ2v) is 5.44. The summed E-state index contributed by atoms with van der Waals surface area (Å²) in [4.78, 5) is 11.2. The molecule has 20 heavy (non-hydrogen) atoms. The van der Waals surface area contributed by atoms with Gasteiger partial charge in [0.15, 0.2) is 0 Å². The van der Waals surface area contributed by atoms with Crippen LogP contribution in [0.5, 0.6) is 0 Å². The monoisotopic (exact) mass is 270 g/mol. The van der Waals surface area contributed by atoms with Gasteiger partial charge in [0.25, 0.3) is 0 Å². The summed E-state index contributed by atoms with van der Waals surface area (Å²) in [5.41, 5.74) is 2.51. The van der Waals surface area contributed by atoms with Gasteiger partial charge in [0, 0.05) is 0 Å². The minimum absolute atomic E-state index is 0.113. The summed E-state index contributed by atoms with van der Waals surface area (Å²) in [6.07, 6.45) is 1.49. The number of carbonyl (C=O) groups excluding carboxylic acids is 1. The zero-order valence-corrected chi connectivity index (χ0v) is 11.5. The highest BCUT2D eigenvalue weighted by atomic mass is 16.6. The Balaban J connectivity index is 1.78. The summed E-state index contributed by atoms with van der Waals surface area (Å²) in [7, 11) is 0. The molecule has 0 bridgehead atoms. The molecular weight excluding hydrogens is 252 g/mol. The lowest BCUT2D eigenvalue weighted by Crippen LogP contribution is -2.47. The van der Waals surface area contributed by atoms with Gasteiger partial charge in [0.2, 0.25) is 0 Å². The number of aryl methyl sites for hydroxylation is 2. The Morgan fingerprint density at radius 2 is 2.10 bits per heavy atom. The van der Waals surface area contributed by atoms with Crippen molar-refractivity contribution in [1.29, 1.82) is 0 Å². The molecule has 1 heterocycles. The molecule has 2 atom stereocenters. The molecule has 2 aromatic carbocycles. The molecular formula is C17H18O3. The number of hydrogen-bond donors (Lipinski definition) is 1. The van der Waals surface area contributed by atoms with E-state index in [4.69, 9.17) is 9.84 Å². The molecule has 104 valence electrons. The number of fused-ring (bicyclic) bond motifs is 1. The molecule has 0 amide bonds. The van der Waals surface area contributed by atoms with Crippen molar-refractivity contribution >= 4 is 16.7 Å². The number of cyclic esters (lactones) is 1. The van der Waals surface area contributed by atoms with E-state index in [1.54, 1.807) is 0 Å². The number of ether oxygens (including phenoxy) is 1. The Morgan fingerprint density at radius 3 is 2.85 bits per heavy atom. The van der Waals surface area contributed by atoms with E-state index < -0.39 is 0 Å². The molecule has 0 aromatic heterocycles. The third-order valence-electron chi connectivity index (χ3n) is 4.04. The van der Waals surface area contributed by atoms with Gasteiger partial charge in [-0.15, -0.1) is 0 Å². The number of rotatable bonds is 4. The van der Waals surface area contributed by atoms with Gasteiger partial charge in [-0.25, -0.2) is 0 Å². The fraction of sp³-hybridized carbons (Fsp3) is 0.353. The zero-order valence-electron chi connectivity index (χ0n) is 11.5. The normalized spacial score (nSPS) is 21.6. The lowest BCUT2D eigenvalue weighted by atomic mass is 9.91. The molecule has 0 saturated carbocycles. The van der Waals surface area contributed by atoms with Crippen LogP contribution >= 0.6 is 0 Å². The Bertz CT molecular complexity index is 648. The summed E-state index contributed by atoms with van der Waals surface area (Å²) >= 11 is 0. The van der Waals surface area contributed by atoms with Crippen molar-refractivity contribution in [1.82, 2.24) is 0 Å². The van der Waals surface area contributed by atoms with Crippen LogP contribution in [0.4, 0.5) is 0 Å². The lowest BCUT2D eigenvalue weighted by molar-refractivity contribution is -0.188. The predicted octanol–water partition coefficient (Wildman–Crippen LogP) is 2.61. The topological polar surface area (TPSA) is 46.5 Å². The van der Waals surface area contributed by atoms with E-state index in [0.717, 1.165) is 12.8 Å². The summed E-state index contributed by atoms with van der Waals surface area (Å²) in [5.74, 6) is -0.599. The smallest absolute Gasteiger partial charge is 0.315 e. The SMILES string of the molecule is Cc1ccc2cccc(CC[C@@H]3OC(=O)[C@H]3CO)c2c1. The highest BCUT2D eigenvalue weighted by Gasteiger charge is 2.41. The van der Waals surface area contributed by atoms with Gasteiger partial charge in [-0.3, -0.25) is 4.79 Å². The summed E-state index contributed by atoms with van der Waals surface area (Å²) in [6, 6.07) is 12.7. The minimum Gasteiger partial charge on any atom is -0.461 e. The molecule has 3 nitrogen and oxygen atoms in total. The van der Waals surface area contributed by atoms with Crippen molar-refractivity contribution in [3.63, 3.8) is 0 Å². The number of carbonyl (C=O) groups is 1. The second-order valence-electron chi connectivity index (χ2n) is 5.44. The first-order valence-electron chi connectivity index (χ1n) is 6.98. The molecule has 0 aliphatic carbocycles. The van der Waals surface area contributed by atoms with Gasteiger partial charge < -0.3 is 9.84 Å². The van der Waals surface area contributed by atoms with Gasteiger partial charge in [-0.2, -0.15) is 0 Å². The maximum absolute atomic E-state index is 11.2. The van der Waals surface area contributed by atoms with Crippen LogP contribution in [-0.2, 0) is 16.0 Å². The van der Waals surface area contributed by atoms with E-state index >= 15 is 0 Å². The average Bonchev–Trinajstić information content (AvgIpc) is 2.43. The van der Waals surface area contributed by atoms with Crippen LogP contribution < -0.4 is 0 Å². The predicted molar refractivity (Wildman–Crippen MR) is 77.5 cm³/mol. The molecule has 3 heteroatoms. The van der Waals surface area contributed by atoms with Gasteiger partial charge in [-0.05, 0) is 36.1 Å². The fourth-order valence-corrected chi connectivity index (χ4v) is 2.82. The Morgan fingerprint density at radius 1 is 1.25 bits per heavy atom. The molecule has 0 spiro atoms. The van der Waals surface area contributed by atoms with Crippen molar-refractivity contribution in [2.75, 3.05) is 6.61 Å². The van der Waals surface area contributed by atoms with Crippen LogP contribution in [0, 0.1) is 12.8 Å². The van der Waals surface area contributed by atoms with Crippen molar-refractivity contribution in [3.8, 4) is 0 Å². The maximum Gasteiger partial charge on any atom is 0.315 e. The Labute approximate surface area is 118 Å². The molecule has 2 aromatic rings. The van der Waals surface area contributed by atoms with Crippen LogP contribution in [-0.4, -0.2) is 23.8 Å². The highest BCUT2D eigenvalue weighted by Crippen LogP contribution is 2.28. The molecule has 1 N–H and O–H groups in total. The zero-order chi connectivity index (χ0) is 14.1. The first kappa shape index (κ1) is 13.1. The summed E-state index contributed by atoms with van der Waals surface area (Å²) in [6.45, 7) is 1.98. The largest absolute Gasteiger partial charge is 0.461 e. The molecule has 1 aliphatic rings. The van der Waals surface area contributed by atoms with E-state index in [-0.39, 0.29) is 24.6 Å². The van der Waals surface area contributed by atoms with Crippen LogP contribution in [0.25, 0.3) is 10.8 Å². The first-order chi connectivity index (χ1) is 9.69. The van der Waals surface area contributed by atoms with E-state index in [2.05, 4.69) is 43.3 Å². The van der Waals surface area contributed by atoms with Crippen molar-refractivity contribution in [2.24, 2.45) is 5.92 Å². The Hall–Kier alpha value is -1.87. The van der Waals surface area contributed by atoms with E-state index in [9.17, 15) is 4.79 Å². The molecule has 3 rings (SSSR count). The first-order valence-corrected chi connectivity index (χ1v) is 6.98. The van der Waals surface area contributed by atoms with Gasteiger partial charge in [-0.1, -0.05) is 42.0 Å². The van der Waals surface area contributed by atoms with Gasteiger partial charge in [0.05, 0.1) is 6.61 Å². The molecule has 1 saturated heterocycles. The number of esters is 1. The number of aliphatic hydroxyl groups excluding tert-OH is 1. The Kier molecular flexibility index (Phi) is 3.45. The van der Waals surface area contributed by atoms with Gasteiger partial charge in [0.1, 0.15) is 12.0 Å². The third kappa shape index (κ3) is 2.29. The standard InChI is InChI=1S/C17H18O3/c1-11-5-6-12-3-2-4-13(14(12)9-11)7-8-16-15(10-18)17(19)20-16/h2-6,9,15-16,18H,7-8,10H2,1H3/t15-,16-/m0/s1. The van der Waals surface area contributed by atoms with E-state index in [1.807, 2.05) is 0 Å². The second kappa shape index (κ2) is 5.25.